The van der Waals surface area contributed by atoms with Gasteiger partial charge in [0.05, 0.1) is 7.32 Å². The topological polar surface area (TPSA) is 66.3 Å². The first kappa shape index (κ1) is 9.20. The molecule has 0 fully saturated rings. The van der Waals surface area contributed by atoms with Gasteiger partial charge in [-0.05, 0) is 0 Å². The van der Waals surface area contributed by atoms with Crippen LogP contribution < -0.4 is 10.0 Å². The Morgan fingerprint density at radius 1 is 1.40 bits per heavy atom. The summed E-state index contributed by atoms with van der Waals surface area (Å²) in [7, 11) is -2.67. The maximum atomic E-state index is 8.53. The first-order chi connectivity index (χ1) is 1.73. The molecular weight excluding hydrogens is 83.1 g/mol. The van der Waals surface area contributed by atoms with Crippen molar-refractivity contribution in [1.82, 2.24) is 0 Å². The van der Waals surface area contributed by atoms with Crippen LogP contribution in [0.3, 0.4) is 0 Å². The van der Waals surface area contributed by atoms with Crippen molar-refractivity contribution in [2.24, 2.45) is 0 Å². The van der Waals surface area contributed by atoms with E-state index >= 15 is 0 Å². The van der Waals surface area contributed by atoms with Crippen LogP contribution in [0.15, 0.2) is 0 Å². The second-order valence-corrected chi connectivity index (χ2v) is 0.307. The van der Waals surface area contributed by atoms with E-state index in [1.807, 2.05) is 0 Å². The monoisotopic (exact) mass is 84.0 g/mol. The van der Waals surface area contributed by atoms with Crippen LogP contribution in [-0.4, -0.2) is 35.4 Å². The molecule has 0 bridgehead atoms. The summed E-state index contributed by atoms with van der Waals surface area (Å²) in [5, 5.41) is 24.0. The molecule has 0 heterocycles. The fraction of sp³-hybridized carbons (Fsp3) is 0. The molecule has 0 aromatic rings. The molecule has 3 nitrogen and oxygen atoms in total. The van der Waals surface area contributed by atoms with Crippen molar-refractivity contribution < 1.29 is 15.1 Å². The zero-order valence-electron chi connectivity index (χ0n) is 2.55. The summed E-state index contributed by atoms with van der Waals surface area (Å²) in [4.78, 5) is 0. The summed E-state index contributed by atoms with van der Waals surface area (Å²) in [6.07, 6.45) is 0. The van der Waals surface area contributed by atoms with Crippen LogP contribution in [0.25, 0.3) is 0 Å². The van der Waals surface area contributed by atoms with E-state index in [2.05, 4.69) is 0 Å². The van der Waals surface area contributed by atoms with Gasteiger partial charge in [-0.25, -0.2) is 0 Å². The van der Waals surface area contributed by atoms with Crippen molar-refractivity contribution >= 4 is 30.4 Å². The van der Waals surface area contributed by atoms with Gasteiger partial charge >= 0.3 is 23.1 Å². The van der Waals surface area contributed by atoms with E-state index in [1.165, 1.54) is 0 Å². The molecule has 0 aliphatic heterocycles. The Hall–Kier alpha value is 0.711. The SMILES string of the molecule is [Mg+2].[O-]B([O-])O. The van der Waals surface area contributed by atoms with E-state index in [9.17, 15) is 0 Å². The minimum atomic E-state index is -2.67. The van der Waals surface area contributed by atoms with Gasteiger partial charge in [0.1, 0.15) is 0 Å². The minimum Gasteiger partial charge on any atom is -0.871 e. The van der Waals surface area contributed by atoms with Gasteiger partial charge in [-0.15, -0.1) is 0 Å². The molecule has 0 rings (SSSR count). The molecular formula is HBMgO3. The number of rotatable bonds is 0. The molecule has 0 atom stereocenters. The summed E-state index contributed by atoms with van der Waals surface area (Å²) >= 11 is 0. The predicted molar refractivity (Wildman–Crippen MR) is 13.7 cm³/mol. The van der Waals surface area contributed by atoms with Crippen molar-refractivity contribution in [2.45, 2.75) is 0 Å². The normalized spacial score (nSPS) is 5.40. The summed E-state index contributed by atoms with van der Waals surface area (Å²) in [5.41, 5.74) is 0. The Labute approximate surface area is 46.0 Å². The minimum absolute atomic E-state index is 0. The van der Waals surface area contributed by atoms with Crippen LogP contribution in [-0.2, 0) is 0 Å². The van der Waals surface area contributed by atoms with E-state index in [0.717, 1.165) is 0 Å². The molecule has 0 amide bonds. The summed E-state index contributed by atoms with van der Waals surface area (Å²) < 4.78 is 0. The van der Waals surface area contributed by atoms with Gasteiger partial charge in [0.25, 0.3) is 0 Å². The number of hydrogen-bond donors (Lipinski definition) is 1. The molecule has 0 aromatic carbocycles. The Balaban J connectivity index is 0. The van der Waals surface area contributed by atoms with Crippen molar-refractivity contribution in [3.05, 3.63) is 0 Å². The fourth-order valence-corrected chi connectivity index (χ4v) is 0. The van der Waals surface area contributed by atoms with E-state index < -0.39 is 7.32 Å². The zero-order valence-corrected chi connectivity index (χ0v) is 3.96. The van der Waals surface area contributed by atoms with E-state index in [0.29, 0.717) is 0 Å². The van der Waals surface area contributed by atoms with Crippen molar-refractivity contribution in [2.75, 3.05) is 0 Å². The quantitative estimate of drug-likeness (QED) is 0.307. The maximum absolute atomic E-state index is 8.53. The number of hydrogen-bond acceptors (Lipinski definition) is 3. The van der Waals surface area contributed by atoms with Crippen LogP contribution in [0, 0.1) is 0 Å². The molecule has 0 unspecified atom stereocenters. The standard InChI is InChI=1S/BHO3.Mg/c2-1(3)4;/h2H;/q-2;+2. The average Bonchev–Trinajstić information content (AvgIpc) is 0.811. The Morgan fingerprint density at radius 2 is 1.40 bits per heavy atom. The van der Waals surface area contributed by atoms with Gasteiger partial charge in [-0.2, -0.15) is 0 Å². The van der Waals surface area contributed by atoms with Gasteiger partial charge in [-0.1, -0.05) is 0 Å². The molecule has 0 spiro atoms. The largest absolute Gasteiger partial charge is 2.00 e. The smallest absolute Gasteiger partial charge is 0.871 e. The zero-order chi connectivity index (χ0) is 3.58. The molecule has 0 aliphatic rings. The van der Waals surface area contributed by atoms with Crippen molar-refractivity contribution in [3.8, 4) is 0 Å². The van der Waals surface area contributed by atoms with E-state index in [4.69, 9.17) is 15.1 Å². The summed E-state index contributed by atoms with van der Waals surface area (Å²) in [6.45, 7) is 0. The molecule has 5 heteroatoms. The van der Waals surface area contributed by atoms with Crippen LogP contribution in [0.1, 0.15) is 0 Å². The first-order valence-electron chi connectivity index (χ1n) is 0.730. The third kappa shape index (κ3) is 68.5. The fourth-order valence-electron chi connectivity index (χ4n) is 0. The second-order valence-electron chi connectivity index (χ2n) is 0.307. The predicted octanol–water partition coefficient (Wildman–Crippen LogP) is -3.70. The third-order valence-electron chi connectivity index (χ3n) is 0. The van der Waals surface area contributed by atoms with Crippen molar-refractivity contribution in [3.63, 3.8) is 0 Å². The molecule has 0 saturated carbocycles. The maximum Gasteiger partial charge on any atom is 2.00 e. The van der Waals surface area contributed by atoms with Gasteiger partial charge in [0.2, 0.25) is 0 Å². The Morgan fingerprint density at radius 3 is 1.40 bits per heavy atom. The molecule has 0 aliphatic carbocycles. The average molecular weight is 84.1 g/mol. The molecule has 0 aromatic heterocycles. The van der Waals surface area contributed by atoms with Crippen LogP contribution in [0.5, 0.6) is 0 Å². The van der Waals surface area contributed by atoms with Crippen molar-refractivity contribution in [1.29, 1.82) is 0 Å². The van der Waals surface area contributed by atoms with Crippen LogP contribution in [0.4, 0.5) is 0 Å². The van der Waals surface area contributed by atoms with Gasteiger partial charge < -0.3 is 15.1 Å². The van der Waals surface area contributed by atoms with Crippen LogP contribution in [0.2, 0.25) is 0 Å². The molecule has 1 N–H and O–H groups in total. The molecule has 5 heavy (non-hydrogen) atoms. The third-order valence-corrected chi connectivity index (χ3v) is 0. The van der Waals surface area contributed by atoms with Gasteiger partial charge in [0, 0.05) is 0 Å². The van der Waals surface area contributed by atoms with E-state index in [-0.39, 0.29) is 23.1 Å². The molecule has 0 radical (unpaired) electrons. The van der Waals surface area contributed by atoms with E-state index in [1.54, 1.807) is 0 Å². The summed E-state index contributed by atoms with van der Waals surface area (Å²) in [5.74, 6) is 0. The van der Waals surface area contributed by atoms with Gasteiger partial charge in [0.15, 0.2) is 0 Å². The molecule has 0 saturated heterocycles. The Kier molecular flexibility index (Phi) is 8.67. The van der Waals surface area contributed by atoms with Crippen LogP contribution >= 0.6 is 0 Å². The Bertz CT molecular complexity index is 11.6. The summed E-state index contributed by atoms with van der Waals surface area (Å²) in [6, 6.07) is 0. The molecule has 24 valence electrons. The first-order valence-corrected chi connectivity index (χ1v) is 0.730. The van der Waals surface area contributed by atoms with Gasteiger partial charge in [-0.3, -0.25) is 0 Å². The second kappa shape index (κ2) is 4.71.